The van der Waals surface area contributed by atoms with Gasteiger partial charge in [0.15, 0.2) is 6.61 Å². The van der Waals surface area contributed by atoms with E-state index in [1.807, 2.05) is 34.5 Å². The number of carbonyl (C=O) groups is 1. The van der Waals surface area contributed by atoms with E-state index >= 15 is 0 Å². The first kappa shape index (κ1) is 17.8. The van der Waals surface area contributed by atoms with Crippen LogP contribution in [0.25, 0.3) is 0 Å². The van der Waals surface area contributed by atoms with Crippen molar-refractivity contribution in [2.45, 2.75) is 25.4 Å². The molecule has 0 unspecified atom stereocenters. The first-order chi connectivity index (χ1) is 12.3. The van der Waals surface area contributed by atoms with Crippen molar-refractivity contribution in [1.29, 1.82) is 0 Å². The lowest BCUT2D eigenvalue weighted by atomic mass is 10.1. The molecule has 1 saturated heterocycles. The van der Waals surface area contributed by atoms with Crippen molar-refractivity contribution >= 4 is 17.2 Å². The maximum Gasteiger partial charge on any atom is 0.261 e. The van der Waals surface area contributed by atoms with Gasteiger partial charge in [-0.05, 0) is 36.4 Å². The number of thiophene rings is 1. The Morgan fingerprint density at radius 2 is 2.04 bits per heavy atom. The highest BCUT2D eigenvalue weighted by Crippen LogP contribution is 2.22. The summed E-state index contributed by atoms with van der Waals surface area (Å²) in [7, 11) is 1.61. The molecule has 1 aromatic carbocycles. The Morgan fingerprint density at radius 3 is 2.76 bits per heavy atom. The zero-order valence-corrected chi connectivity index (χ0v) is 15.2. The Labute approximate surface area is 152 Å². The number of amides is 1. The molecule has 1 aliphatic rings. The standard InChI is InChI=1S/C19H23NO4S/c1-22-16-4-2-5-17(12-16)24-14-19(21)20(13-18-6-3-11-25-18)15-7-9-23-10-8-15/h2-6,11-12,15H,7-10,13-14H2,1H3. The maximum absolute atomic E-state index is 12.8. The number of carbonyl (C=O) groups excluding carboxylic acids is 1. The lowest BCUT2D eigenvalue weighted by Crippen LogP contribution is -2.44. The van der Waals surface area contributed by atoms with E-state index in [0.29, 0.717) is 31.3 Å². The molecule has 1 fully saturated rings. The molecule has 3 rings (SSSR count). The van der Waals surface area contributed by atoms with Crippen LogP contribution >= 0.6 is 11.3 Å². The minimum atomic E-state index is 0.00289. The Balaban J connectivity index is 1.65. The van der Waals surface area contributed by atoms with Crippen molar-refractivity contribution in [3.8, 4) is 11.5 Å². The van der Waals surface area contributed by atoms with Crippen molar-refractivity contribution in [2.24, 2.45) is 0 Å². The van der Waals surface area contributed by atoms with Crippen molar-refractivity contribution in [1.82, 2.24) is 4.90 Å². The van der Waals surface area contributed by atoms with Gasteiger partial charge < -0.3 is 19.1 Å². The van der Waals surface area contributed by atoms with Gasteiger partial charge >= 0.3 is 0 Å². The van der Waals surface area contributed by atoms with Gasteiger partial charge in [0.05, 0.1) is 13.7 Å². The number of hydrogen-bond donors (Lipinski definition) is 0. The van der Waals surface area contributed by atoms with Gasteiger partial charge in [-0.3, -0.25) is 4.79 Å². The fraction of sp³-hybridized carbons (Fsp3) is 0.421. The van der Waals surface area contributed by atoms with Crippen LogP contribution in [-0.2, 0) is 16.1 Å². The van der Waals surface area contributed by atoms with E-state index in [9.17, 15) is 4.79 Å². The number of ether oxygens (including phenoxy) is 3. The fourth-order valence-corrected chi connectivity index (χ4v) is 3.61. The Hall–Kier alpha value is -2.05. The second kappa shape index (κ2) is 8.87. The first-order valence-corrected chi connectivity index (χ1v) is 9.30. The van der Waals surface area contributed by atoms with Crippen LogP contribution in [-0.4, -0.2) is 43.8 Å². The summed E-state index contributed by atoms with van der Waals surface area (Å²) in [6.45, 7) is 2.06. The quantitative estimate of drug-likeness (QED) is 0.759. The highest BCUT2D eigenvalue weighted by atomic mass is 32.1. The minimum absolute atomic E-state index is 0.00289. The summed E-state index contributed by atoms with van der Waals surface area (Å²) >= 11 is 1.67. The van der Waals surface area contributed by atoms with E-state index in [-0.39, 0.29) is 18.6 Å². The fourth-order valence-electron chi connectivity index (χ4n) is 2.91. The molecule has 134 valence electrons. The zero-order chi connectivity index (χ0) is 17.5. The smallest absolute Gasteiger partial charge is 0.261 e. The third kappa shape index (κ3) is 4.96. The molecule has 1 amide bonds. The average molecular weight is 361 g/mol. The molecular weight excluding hydrogens is 338 g/mol. The molecule has 1 aromatic heterocycles. The molecule has 6 heteroatoms. The predicted octanol–water partition coefficient (Wildman–Crippen LogP) is 3.34. The molecular formula is C19H23NO4S. The molecule has 0 spiro atoms. The highest BCUT2D eigenvalue weighted by Gasteiger charge is 2.26. The van der Waals surface area contributed by atoms with Crippen molar-refractivity contribution in [3.05, 3.63) is 46.7 Å². The summed E-state index contributed by atoms with van der Waals surface area (Å²) < 4.78 is 16.3. The van der Waals surface area contributed by atoms with Crippen molar-refractivity contribution in [2.75, 3.05) is 26.9 Å². The molecule has 2 aromatic rings. The van der Waals surface area contributed by atoms with Gasteiger partial charge in [-0.25, -0.2) is 0 Å². The van der Waals surface area contributed by atoms with E-state index in [1.54, 1.807) is 24.5 Å². The molecule has 1 aliphatic heterocycles. The first-order valence-electron chi connectivity index (χ1n) is 8.42. The average Bonchev–Trinajstić information content (AvgIpc) is 3.18. The van der Waals surface area contributed by atoms with E-state index in [0.717, 1.165) is 12.8 Å². The van der Waals surface area contributed by atoms with Gasteiger partial charge in [0.1, 0.15) is 11.5 Å². The number of rotatable bonds is 7. The third-order valence-electron chi connectivity index (χ3n) is 4.26. The number of benzene rings is 1. The van der Waals surface area contributed by atoms with Gasteiger partial charge in [0.25, 0.3) is 5.91 Å². The van der Waals surface area contributed by atoms with Gasteiger partial charge in [-0.2, -0.15) is 0 Å². The van der Waals surface area contributed by atoms with Gasteiger partial charge in [-0.15, -0.1) is 11.3 Å². The summed E-state index contributed by atoms with van der Waals surface area (Å²) in [5.74, 6) is 1.35. The maximum atomic E-state index is 12.8. The van der Waals surface area contributed by atoms with Crippen LogP contribution in [0.5, 0.6) is 11.5 Å². The highest BCUT2D eigenvalue weighted by molar-refractivity contribution is 7.09. The molecule has 0 atom stereocenters. The van der Waals surface area contributed by atoms with E-state index in [4.69, 9.17) is 14.2 Å². The molecule has 2 heterocycles. The zero-order valence-electron chi connectivity index (χ0n) is 14.3. The lowest BCUT2D eigenvalue weighted by molar-refractivity contribution is -0.138. The lowest BCUT2D eigenvalue weighted by Gasteiger charge is -2.34. The molecule has 0 N–H and O–H groups in total. The van der Waals surface area contributed by atoms with Crippen LogP contribution in [0, 0.1) is 0 Å². The van der Waals surface area contributed by atoms with Crippen LogP contribution in [0.1, 0.15) is 17.7 Å². The second-order valence-corrected chi connectivity index (χ2v) is 6.94. The van der Waals surface area contributed by atoms with Crippen LogP contribution in [0.2, 0.25) is 0 Å². The van der Waals surface area contributed by atoms with Crippen LogP contribution in [0.15, 0.2) is 41.8 Å². The van der Waals surface area contributed by atoms with Crippen molar-refractivity contribution < 1.29 is 19.0 Å². The van der Waals surface area contributed by atoms with Crippen LogP contribution < -0.4 is 9.47 Å². The van der Waals surface area contributed by atoms with Gasteiger partial charge in [0, 0.05) is 30.2 Å². The second-order valence-electron chi connectivity index (χ2n) is 5.91. The largest absolute Gasteiger partial charge is 0.497 e. The summed E-state index contributed by atoms with van der Waals surface area (Å²) in [5.41, 5.74) is 0. The Bertz CT molecular complexity index is 668. The molecule has 5 nitrogen and oxygen atoms in total. The SMILES string of the molecule is COc1cccc(OCC(=O)N(Cc2cccs2)C2CCOCC2)c1. The van der Waals surface area contributed by atoms with Gasteiger partial charge in [-0.1, -0.05) is 12.1 Å². The monoisotopic (exact) mass is 361 g/mol. The molecule has 0 aliphatic carbocycles. The Kier molecular flexibility index (Phi) is 6.30. The van der Waals surface area contributed by atoms with Crippen LogP contribution in [0.3, 0.4) is 0 Å². The topological polar surface area (TPSA) is 48.0 Å². The predicted molar refractivity (Wildman–Crippen MR) is 97.2 cm³/mol. The molecule has 25 heavy (non-hydrogen) atoms. The van der Waals surface area contributed by atoms with E-state index in [2.05, 4.69) is 6.07 Å². The molecule has 0 radical (unpaired) electrons. The van der Waals surface area contributed by atoms with E-state index in [1.165, 1.54) is 4.88 Å². The normalized spacial score (nSPS) is 14.9. The number of nitrogens with zero attached hydrogens (tertiary/aromatic N) is 1. The summed E-state index contributed by atoms with van der Waals surface area (Å²) in [4.78, 5) is 16.0. The summed E-state index contributed by atoms with van der Waals surface area (Å²) in [6.07, 6.45) is 1.74. The summed E-state index contributed by atoms with van der Waals surface area (Å²) in [5, 5.41) is 2.04. The minimum Gasteiger partial charge on any atom is -0.497 e. The molecule has 0 saturated carbocycles. The summed E-state index contributed by atoms with van der Waals surface area (Å²) in [6, 6.07) is 11.6. The molecule has 0 bridgehead atoms. The third-order valence-corrected chi connectivity index (χ3v) is 5.12. The van der Waals surface area contributed by atoms with Gasteiger partial charge in [0.2, 0.25) is 0 Å². The number of methoxy groups -OCH3 is 1. The van der Waals surface area contributed by atoms with Crippen LogP contribution in [0.4, 0.5) is 0 Å². The number of hydrogen-bond acceptors (Lipinski definition) is 5. The van der Waals surface area contributed by atoms with Crippen molar-refractivity contribution in [3.63, 3.8) is 0 Å². The van der Waals surface area contributed by atoms with E-state index < -0.39 is 0 Å². The Morgan fingerprint density at radius 1 is 1.24 bits per heavy atom.